The van der Waals surface area contributed by atoms with Gasteiger partial charge in [0, 0.05) is 12.1 Å². The molecule has 1 aromatic heterocycles. The van der Waals surface area contributed by atoms with Gasteiger partial charge < -0.3 is 9.64 Å². The highest BCUT2D eigenvalue weighted by atomic mass is 16.5. The first-order valence-corrected chi connectivity index (χ1v) is 6.91. The summed E-state index contributed by atoms with van der Waals surface area (Å²) in [6.45, 7) is 1.28. The lowest BCUT2D eigenvalue weighted by atomic mass is 9.99. The van der Waals surface area contributed by atoms with Gasteiger partial charge in [0.2, 0.25) is 0 Å². The first-order valence-electron chi connectivity index (χ1n) is 6.91. The van der Waals surface area contributed by atoms with Crippen molar-refractivity contribution in [2.24, 2.45) is 5.92 Å². The molecular weight excluding hydrogens is 240 g/mol. The highest BCUT2D eigenvalue weighted by Crippen LogP contribution is 2.30. The molecular formula is C15H18N2O2. The first kappa shape index (κ1) is 12.2. The average Bonchev–Trinajstić information content (AvgIpc) is 3.02. The summed E-state index contributed by atoms with van der Waals surface area (Å²) in [5.74, 6) is 1.20. The summed E-state index contributed by atoms with van der Waals surface area (Å²) in [5, 5.41) is 0. The number of anilines is 1. The zero-order chi connectivity index (χ0) is 13.1. The van der Waals surface area contributed by atoms with E-state index in [1.807, 2.05) is 23.1 Å². The summed E-state index contributed by atoms with van der Waals surface area (Å²) >= 11 is 0. The second-order valence-electron chi connectivity index (χ2n) is 5.06. The van der Waals surface area contributed by atoms with E-state index in [0.29, 0.717) is 18.8 Å². The Morgan fingerprint density at radius 3 is 2.89 bits per heavy atom. The van der Waals surface area contributed by atoms with Crippen LogP contribution in [0, 0.1) is 5.92 Å². The van der Waals surface area contributed by atoms with Crippen molar-refractivity contribution in [2.75, 3.05) is 18.1 Å². The van der Waals surface area contributed by atoms with Crippen LogP contribution in [0.1, 0.15) is 25.7 Å². The van der Waals surface area contributed by atoms with Crippen molar-refractivity contribution < 1.29 is 9.53 Å². The number of hydrogen-bond donors (Lipinski definition) is 0. The lowest BCUT2D eigenvalue weighted by molar-refractivity contribution is -0.119. The lowest BCUT2D eigenvalue weighted by Crippen LogP contribution is -2.36. The van der Waals surface area contributed by atoms with E-state index >= 15 is 0 Å². The second kappa shape index (κ2) is 5.43. The third-order valence-corrected chi connectivity index (χ3v) is 3.82. The van der Waals surface area contributed by atoms with E-state index in [9.17, 15) is 4.79 Å². The molecule has 1 saturated carbocycles. The predicted molar refractivity (Wildman–Crippen MR) is 72.6 cm³/mol. The topological polar surface area (TPSA) is 42.4 Å². The molecule has 0 spiro atoms. The fraction of sp³-hybridized carbons (Fsp3) is 0.467. The van der Waals surface area contributed by atoms with Crippen molar-refractivity contribution >= 4 is 11.6 Å². The molecule has 0 atom stereocenters. The smallest absolute Gasteiger partial charge is 0.185 e. The summed E-state index contributed by atoms with van der Waals surface area (Å²) in [4.78, 5) is 18.9. The quantitative estimate of drug-likeness (QED) is 0.835. The molecule has 1 aromatic rings. The Hall–Kier alpha value is -1.84. The van der Waals surface area contributed by atoms with Gasteiger partial charge in [0.1, 0.15) is 24.4 Å². The number of pyridine rings is 1. The van der Waals surface area contributed by atoms with Crippen LogP contribution in [0.5, 0.6) is 0 Å². The normalized spacial score (nSPS) is 20.0. The third-order valence-electron chi connectivity index (χ3n) is 3.82. The maximum Gasteiger partial charge on any atom is 0.185 e. The Bertz CT molecular complexity index is 478. The summed E-state index contributed by atoms with van der Waals surface area (Å²) in [6.07, 6.45) is 7.70. The SMILES string of the molecule is O=C(C1=COCCN1c1ccccn1)C1CCCC1. The number of carbonyl (C=O) groups excluding carboxylic acids is 1. The van der Waals surface area contributed by atoms with Crippen LogP contribution in [0.2, 0.25) is 0 Å². The van der Waals surface area contributed by atoms with Crippen LogP contribution < -0.4 is 4.90 Å². The summed E-state index contributed by atoms with van der Waals surface area (Å²) in [5.41, 5.74) is 0.664. The van der Waals surface area contributed by atoms with Gasteiger partial charge in [-0.25, -0.2) is 4.98 Å². The van der Waals surface area contributed by atoms with Gasteiger partial charge in [0.25, 0.3) is 0 Å². The van der Waals surface area contributed by atoms with Crippen LogP contribution in [0.25, 0.3) is 0 Å². The molecule has 0 unspecified atom stereocenters. The van der Waals surface area contributed by atoms with E-state index in [2.05, 4.69) is 4.98 Å². The van der Waals surface area contributed by atoms with Crippen LogP contribution >= 0.6 is 0 Å². The number of hydrogen-bond acceptors (Lipinski definition) is 4. The Morgan fingerprint density at radius 2 is 2.16 bits per heavy atom. The van der Waals surface area contributed by atoms with Gasteiger partial charge in [0.15, 0.2) is 5.78 Å². The molecule has 0 bridgehead atoms. The standard InChI is InChI=1S/C15H18N2O2/c18-15(12-5-1-2-6-12)13-11-19-10-9-17(13)14-7-3-4-8-16-14/h3-4,7-8,11-12H,1-2,5-6,9-10H2. The Kier molecular flexibility index (Phi) is 3.49. The van der Waals surface area contributed by atoms with E-state index in [1.165, 1.54) is 0 Å². The fourth-order valence-electron chi connectivity index (χ4n) is 2.81. The van der Waals surface area contributed by atoms with Crippen molar-refractivity contribution in [3.63, 3.8) is 0 Å². The summed E-state index contributed by atoms with van der Waals surface area (Å²) in [7, 11) is 0. The molecule has 2 heterocycles. The van der Waals surface area contributed by atoms with Gasteiger partial charge in [-0.2, -0.15) is 0 Å². The number of carbonyl (C=O) groups is 1. The molecule has 1 aliphatic heterocycles. The fourth-order valence-corrected chi connectivity index (χ4v) is 2.81. The largest absolute Gasteiger partial charge is 0.497 e. The van der Waals surface area contributed by atoms with Gasteiger partial charge in [-0.3, -0.25) is 4.79 Å². The van der Waals surface area contributed by atoms with Gasteiger partial charge >= 0.3 is 0 Å². The molecule has 0 radical (unpaired) electrons. The van der Waals surface area contributed by atoms with E-state index in [4.69, 9.17) is 4.74 Å². The Morgan fingerprint density at radius 1 is 1.32 bits per heavy atom. The monoisotopic (exact) mass is 258 g/mol. The van der Waals surface area contributed by atoms with E-state index in [0.717, 1.165) is 31.5 Å². The van der Waals surface area contributed by atoms with Crippen molar-refractivity contribution in [2.45, 2.75) is 25.7 Å². The first-order chi connectivity index (χ1) is 9.36. The van der Waals surface area contributed by atoms with Gasteiger partial charge in [-0.15, -0.1) is 0 Å². The molecule has 3 rings (SSSR count). The minimum Gasteiger partial charge on any atom is -0.497 e. The number of rotatable bonds is 3. The molecule has 2 aliphatic rings. The van der Waals surface area contributed by atoms with Gasteiger partial charge in [-0.1, -0.05) is 18.9 Å². The molecule has 1 aliphatic carbocycles. The third kappa shape index (κ3) is 2.48. The second-order valence-corrected chi connectivity index (χ2v) is 5.06. The molecule has 1 fully saturated rings. The molecule has 4 heteroatoms. The van der Waals surface area contributed by atoms with E-state index < -0.39 is 0 Å². The Balaban J connectivity index is 1.85. The van der Waals surface area contributed by atoms with Crippen molar-refractivity contribution in [1.29, 1.82) is 0 Å². The predicted octanol–water partition coefficient (Wildman–Crippen LogP) is 2.52. The molecule has 0 aromatic carbocycles. The molecule has 0 N–H and O–H groups in total. The van der Waals surface area contributed by atoms with Crippen molar-refractivity contribution in [1.82, 2.24) is 4.98 Å². The summed E-state index contributed by atoms with van der Waals surface area (Å²) < 4.78 is 5.36. The number of Topliss-reactive ketones (excluding diaryl/α,β-unsaturated/α-hetero) is 1. The summed E-state index contributed by atoms with van der Waals surface area (Å²) in [6, 6.07) is 5.75. The Labute approximate surface area is 113 Å². The minimum atomic E-state index is 0.166. The zero-order valence-electron chi connectivity index (χ0n) is 10.9. The molecule has 4 nitrogen and oxygen atoms in total. The van der Waals surface area contributed by atoms with Crippen LogP contribution in [-0.4, -0.2) is 23.9 Å². The number of aromatic nitrogens is 1. The van der Waals surface area contributed by atoms with Crippen LogP contribution in [0.15, 0.2) is 36.4 Å². The molecule has 19 heavy (non-hydrogen) atoms. The van der Waals surface area contributed by atoms with Gasteiger partial charge in [0.05, 0.1) is 6.54 Å². The molecule has 100 valence electrons. The number of ketones is 1. The van der Waals surface area contributed by atoms with Gasteiger partial charge in [-0.05, 0) is 25.0 Å². The maximum absolute atomic E-state index is 12.6. The van der Waals surface area contributed by atoms with E-state index in [1.54, 1.807) is 12.5 Å². The number of nitrogens with zero attached hydrogens (tertiary/aromatic N) is 2. The van der Waals surface area contributed by atoms with Crippen LogP contribution in [0.3, 0.4) is 0 Å². The highest BCUT2D eigenvalue weighted by molar-refractivity contribution is 6.00. The average molecular weight is 258 g/mol. The van der Waals surface area contributed by atoms with Crippen LogP contribution in [0.4, 0.5) is 5.82 Å². The molecule has 0 saturated heterocycles. The number of allylic oxidation sites excluding steroid dienone is 1. The minimum absolute atomic E-state index is 0.166. The van der Waals surface area contributed by atoms with Crippen molar-refractivity contribution in [3.8, 4) is 0 Å². The highest BCUT2D eigenvalue weighted by Gasteiger charge is 2.31. The molecule has 0 amide bonds. The zero-order valence-corrected chi connectivity index (χ0v) is 10.9. The van der Waals surface area contributed by atoms with Crippen LogP contribution in [-0.2, 0) is 9.53 Å². The maximum atomic E-state index is 12.6. The number of ether oxygens (including phenoxy) is 1. The van der Waals surface area contributed by atoms with Crippen molar-refractivity contribution in [3.05, 3.63) is 36.4 Å². The lowest BCUT2D eigenvalue weighted by Gasteiger charge is -2.29. The van der Waals surface area contributed by atoms with E-state index in [-0.39, 0.29) is 11.7 Å².